The summed E-state index contributed by atoms with van der Waals surface area (Å²) < 4.78 is 0. The number of Topliss-reactive ketones (excluding diaryl/α,β-unsaturated/α-hetero) is 1. The van der Waals surface area contributed by atoms with Crippen LogP contribution in [0.5, 0.6) is 0 Å². The molecule has 2 atom stereocenters. The van der Waals surface area contributed by atoms with E-state index in [2.05, 4.69) is 19.2 Å². The van der Waals surface area contributed by atoms with Gasteiger partial charge in [0.15, 0.2) is 12.3 Å². The van der Waals surface area contributed by atoms with Crippen molar-refractivity contribution in [3.8, 4) is 0 Å². The first kappa shape index (κ1) is 15.7. The average Bonchev–Trinajstić information content (AvgIpc) is 2.37. The smallest absolute Gasteiger partial charge is 0.279 e. The highest BCUT2D eigenvalue weighted by Gasteiger charge is 2.26. The lowest BCUT2D eigenvalue weighted by Crippen LogP contribution is -3.15. The Kier molecular flexibility index (Phi) is 5.12. The first-order chi connectivity index (χ1) is 9.95. The largest absolute Gasteiger partial charge is 0.327 e. The average molecular weight is 289 g/mol. The Balaban J connectivity index is 1.97. The normalized spacial score (nSPS) is 25.4. The number of carbonyl (C=O) groups is 2. The van der Waals surface area contributed by atoms with Gasteiger partial charge in [0.25, 0.3) is 5.91 Å². The van der Waals surface area contributed by atoms with Gasteiger partial charge in [-0.3, -0.25) is 9.59 Å². The van der Waals surface area contributed by atoms with Crippen LogP contribution in [0.4, 0.5) is 5.69 Å². The number of benzene rings is 1. The predicted molar refractivity (Wildman–Crippen MR) is 83.6 cm³/mol. The SMILES string of the molecule is CC(=O)c1ccccc1NC(=O)C[NH+]1C[C@@H](C)C[C@H](C)C1. The van der Waals surface area contributed by atoms with E-state index in [1.807, 2.05) is 12.1 Å². The first-order valence-corrected chi connectivity index (χ1v) is 7.69. The van der Waals surface area contributed by atoms with Gasteiger partial charge in [-0.05, 0) is 25.5 Å². The minimum Gasteiger partial charge on any atom is -0.327 e. The molecule has 0 unspecified atom stereocenters. The van der Waals surface area contributed by atoms with Crippen LogP contribution in [-0.2, 0) is 4.79 Å². The van der Waals surface area contributed by atoms with Gasteiger partial charge in [0, 0.05) is 17.4 Å². The van der Waals surface area contributed by atoms with E-state index >= 15 is 0 Å². The number of carbonyl (C=O) groups excluding carboxylic acids is 2. The van der Waals surface area contributed by atoms with Gasteiger partial charge in [0.05, 0.1) is 18.8 Å². The number of amides is 1. The van der Waals surface area contributed by atoms with Gasteiger partial charge in [-0.2, -0.15) is 0 Å². The molecule has 1 aliphatic rings. The lowest BCUT2D eigenvalue weighted by molar-refractivity contribution is -0.904. The molecule has 1 fully saturated rings. The summed E-state index contributed by atoms with van der Waals surface area (Å²) in [6.07, 6.45) is 1.25. The maximum Gasteiger partial charge on any atom is 0.279 e. The van der Waals surface area contributed by atoms with Crippen molar-refractivity contribution in [3.63, 3.8) is 0 Å². The second-order valence-electron chi connectivity index (χ2n) is 6.43. The van der Waals surface area contributed by atoms with Gasteiger partial charge in [0.2, 0.25) is 0 Å². The Bertz CT molecular complexity index is 517. The molecule has 1 heterocycles. The summed E-state index contributed by atoms with van der Waals surface area (Å²) in [7, 11) is 0. The molecule has 1 saturated heterocycles. The number of anilines is 1. The fourth-order valence-corrected chi connectivity index (χ4v) is 3.39. The zero-order chi connectivity index (χ0) is 15.4. The van der Waals surface area contributed by atoms with Crippen molar-refractivity contribution in [1.82, 2.24) is 0 Å². The van der Waals surface area contributed by atoms with Crippen LogP contribution in [0.2, 0.25) is 0 Å². The second kappa shape index (κ2) is 6.85. The molecule has 0 spiro atoms. The third kappa shape index (κ3) is 4.39. The summed E-state index contributed by atoms with van der Waals surface area (Å²) in [5, 5.41) is 2.89. The van der Waals surface area contributed by atoms with Crippen molar-refractivity contribution >= 4 is 17.4 Å². The van der Waals surface area contributed by atoms with Crippen molar-refractivity contribution in [1.29, 1.82) is 0 Å². The van der Waals surface area contributed by atoms with E-state index in [0.717, 1.165) is 13.1 Å². The van der Waals surface area contributed by atoms with Crippen LogP contribution < -0.4 is 10.2 Å². The second-order valence-corrected chi connectivity index (χ2v) is 6.43. The van der Waals surface area contributed by atoms with E-state index in [4.69, 9.17) is 0 Å². The monoisotopic (exact) mass is 289 g/mol. The Morgan fingerprint density at radius 2 is 1.81 bits per heavy atom. The summed E-state index contributed by atoms with van der Waals surface area (Å²) in [4.78, 5) is 25.1. The van der Waals surface area contributed by atoms with Crippen molar-refractivity contribution in [2.45, 2.75) is 27.2 Å². The van der Waals surface area contributed by atoms with Crippen molar-refractivity contribution in [2.75, 3.05) is 25.0 Å². The Hall–Kier alpha value is -1.68. The van der Waals surface area contributed by atoms with Crippen LogP contribution in [0, 0.1) is 11.8 Å². The standard InChI is InChI=1S/C17H24N2O2/c1-12-8-13(2)10-19(9-12)11-17(21)18-16-7-5-4-6-15(16)14(3)20/h4-7,12-13H,8-11H2,1-3H3,(H,18,21)/p+1/t12-,13-/m0/s1. The molecule has 0 bridgehead atoms. The number of ketones is 1. The third-order valence-electron chi connectivity index (χ3n) is 4.07. The molecular formula is C17H25N2O2+. The topological polar surface area (TPSA) is 50.6 Å². The van der Waals surface area contributed by atoms with E-state index in [9.17, 15) is 9.59 Å². The molecule has 1 amide bonds. The zero-order valence-corrected chi connectivity index (χ0v) is 13.1. The van der Waals surface area contributed by atoms with Gasteiger partial charge in [-0.1, -0.05) is 26.0 Å². The summed E-state index contributed by atoms with van der Waals surface area (Å²) in [5.74, 6) is 1.29. The number of quaternary nitrogens is 1. The molecule has 0 aliphatic carbocycles. The highest BCUT2D eigenvalue weighted by atomic mass is 16.2. The summed E-state index contributed by atoms with van der Waals surface area (Å²) in [6.45, 7) is 8.58. The summed E-state index contributed by atoms with van der Waals surface area (Å²) in [5.41, 5.74) is 1.19. The Morgan fingerprint density at radius 1 is 1.19 bits per heavy atom. The van der Waals surface area contributed by atoms with Gasteiger partial charge in [-0.25, -0.2) is 0 Å². The number of hydrogen-bond donors (Lipinski definition) is 2. The van der Waals surface area contributed by atoms with Crippen LogP contribution in [0.15, 0.2) is 24.3 Å². The Labute approximate surface area is 126 Å². The summed E-state index contributed by atoms with van der Waals surface area (Å²) in [6, 6.07) is 7.17. The Morgan fingerprint density at radius 3 is 2.43 bits per heavy atom. The fraction of sp³-hybridized carbons (Fsp3) is 0.529. The highest BCUT2D eigenvalue weighted by Crippen LogP contribution is 2.15. The van der Waals surface area contributed by atoms with E-state index in [-0.39, 0.29) is 11.7 Å². The molecular weight excluding hydrogens is 264 g/mol. The summed E-state index contributed by atoms with van der Waals surface area (Å²) >= 11 is 0. The number of nitrogens with one attached hydrogen (secondary N) is 2. The van der Waals surface area contributed by atoms with Crippen LogP contribution in [0.1, 0.15) is 37.6 Å². The van der Waals surface area contributed by atoms with Gasteiger partial charge >= 0.3 is 0 Å². The van der Waals surface area contributed by atoms with Crippen molar-refractivity contribution in [3.05, 3.63) is 29.8 Å². The highest BCUT2D eigenvalue weighted by molar-refractivity contribution is 6.03. The number of piperidine rings is 1. The molecule has 1 aromatic rings. The van der Waals surface area contributed by atoms with Gasteiger partial charge in [0.1, 0.15) is 0 Å². The van der Waals surface area contributed by atoms with Crippen LogP contribution in [0.3, 0.4) is 0 Å². The molecule has 21 heavy (non-hydrogen) atoms. The molecule has 0 aromatic heterocycles. The lowest BCUT2D eigenvalue weighted by atomic mass is 9.92. The molecule has 2 rings (SSSR count). The van der Waals surface area contributed by atoms with E-state index in [1.54, 1.807) is 12.1 Å². The molecule has 4 nitrogen and oxygen atoms in total. The zero-order valence-electron chi connectivity index (χ0n) is 13.1. The number of para-hydroxylation sites is 1. The molecule has 0 radical (unpaired) electrons. The predicted octanol–water partition coefficient (Wildman–Crippen LogP) is 1.39. The molecule has 114 valence electrons. The first-order valence-electron chi connectivity index (χ1n) is 7.69. The third-order valence-corrected chi connectivity index (χ3v) is 4.07. The van der Waals surface area contributed by atoms with Crippen molar-refractivity contribution < 1.29 is 14.5 Å². The van der Waals surface area contributed by atoms with Crippen LogP contribution in [-0.4, -0.2) is 31.3 Å². The lowest BCUT2D eigenvalue weighted by Gasteiger charge is -2.31. The van der Waals surface area contributed by atoms with Crippen molar-refractivity contribution in [2.24, 2.45) is 11.8 Å². The number of likely N-dealkylation sites (tertiary alicyclic amines) is 1. The van der Waals surface area contributed by atoms with Crippen LogP contribution >= 0.6 is 0 Å². The van der Waals surface area contributed by atoms with Gasteiger partial charge < -0.3 is 10.2 Å². The minimum absolute atomic E-state index is 0.0139. The number of rotatable bonds is 4. The maximum atomic E-state index is 12.2. The van der Waals surface area contributed by atoms with E-state index in [1.165, 1.54) is 18.2 Å². The molecule has 2 N–H and O–H groups in total. The van der Waals surface area contributed by atoms with E-state index in [0.29, 0.717) is 29.6 Å². The molecule has 4 heteroatoms. The maximum absolute atomic E-state index is 12.2. The van der Waals surface area contributed by atoms with E-state index < -0.39 is 0 Å². The molecule has 0 saturated carbocycles. The fourth-order valence-electron chi connectivity index (χ4n) is 3.39. The van der Waals surface area contributed by atoms with Crippen LogP contribution in [0.25, 0.3) is 0 Å². The molecule has 1 aromatic carbocycles. The molecule has 1 aliphatic heterocycles. The van der Waals surface area contributed by atoms with Gasteiger partial charge in [-0.15, -0.1) is 0 Å². The quantitative estimate of drug-likeness (QED) is 0.823. The number of hydrogen-bond acceptors (Lipinski definition) is 2. The minimum atomic E-state index is -0.0292.